The minimum absolute atomic E-state index is 0.214. The van der Waals surface area contributed by atoms with Crippen LogP contribution in [0.5, 0.6) is 0 Å². The third-order valence-corrected chi connectivity index (χ3v) is 6.81. The second-order valence-electron chi connectivity index (χ2n) is 4.45. The van der Waals surface area contributed by atoms with E-state index in [0.717, 1.165) is 15.4 Å². The van der Waals surface area contributed by atoms with Gasteiger partial charge >= 0.3 is 0 Å². The van der Waals surface area contributed by atoms with Crippen molar-refractivity contribution in [2.45, 2.75) is 13.0 Å². The third kappa shape index (κ3) is 2.81. The van der Waals surface area contributed by atoms with Crippen molar-refractivity contribution in [2.75, 3.05) is 6.54 Å². The van der Waals surface area contributed by atoms with Gasteiger partial charge < -0.3 is 5.32 Å². The first-order chi connectivity index (χ1) is 9.69. The SMILES string of the molecule is CCNC(c1cc(Br)c(Cl)s1)c1cc2ccccc2s1. The van der Waals surface area contributed by atoms with Crippen LogP contribution < -0.4 is 5.32 Å². The number of thiophene rings is 2. The number of fused-ring (bicyclic) bond motifs is 1. The molecule has 104 valence electrons. The Morgan fingerprint density at radius 1 is 1.20 bits per heavy atom. The average Bonchev–Trinajstić information content (AvgIpc) is 3.00. The molecule has 1 nitrogen and oxygen atoms in total. The highest BCUT2D eigenvalue weighted by Crippen LogP contribution is 2.40. The van der Waals surface area contributed by atoms with Crippen LogP contribution in [0.1, 0.15) is 22.7 Å². The number of nitrogens with one attached hydrogen (secondary N) is 1. The molecule has 0 fully saturated rings. The quantitative estimate of drug-likeness (QED) is 0.573. The Hall–Kier alpha value is -0.390. The molecule has 0 saturated carbocycles. The van der Waals surface area contributed by atoms with Crippen molar-refractivity contribution in [1.82, 2.24) is 5.32 Å². The maximum atomic E-state index is 6.19. The first kappa shape index (κ1) is 14.5. The summed E-state index contributed by atoms with van der Waals surface area (Å²) in [7, 11) is 0. The highest BCUT2D eigenvalue weighted by atomic mass is 79.9. The van der Waals surface area contributed by atoms with E-state index in [1.165, 1.54) is 19.8 Å². The van der Waals surface area contributed by atoms with Crippen LogP contribution in [0.3, 0.4) is 0 Å². The summed E-state index contributed by atoms with van der Waals surface area (Å²) in [5.41, 5.74) is 0. The molecule has 1 N–H and O–H groups in total. The van der Waals surface area contributed by atoms with E-state index >= 15 is 0 Å². The number of benzene rings is 1. The number of halogens is 2. The van der Waals surface area contributed by atoms with E-state index in [1.807, 2.05) is 11.3 Å². The normalized spacial score (nSPS) is 12.9. The van der Waals surface area contributed by atoms with Gasteiger partial charge in [0.1, 0.15) is 4.34 Å². The molecule has 0 bridgehead atoms. The Kier molecular flexibility index (Phi) is 4.48. The standard InChI is InChI=1S/C15H13BrClNS2/c1-2-18-14(13-8-10(16)15(17)20-13)12-7-9-5-3-4-6-11(9)19-12/h3-8,14,18H,2H2,1H3. The Bertz CT molecular complexity index is 682. The molecule has 0 aliphatic heterocycles. The molecule has 1 unspecified atom stereocenters. The van der Waals surface area contributed by atoms with Crippen LogP contribution in [0, 0.1) is 0 Å². The van der Waals surface area contributed by atoms with Crippen molar-refractivity contribution in [3.05, 3.63) is 55.0 Å². The fourth-order valence-electron chi connectivity index (χ4n) is 2.20. The van der Waals surface area contributed by atoms with Crippen molar-refractivity contribution < 1.29 is 0 Å². The summed E-state index contributed by atoms with van der Waals surface area (Å²) in [6, 6.07) is 13.1. The van der Waals surface area contributed by atoms with E-state index in [4.69, 9.17) is 11.6 Å². The molecule has 20 heavy (non-hydrogen) atoms. The molecular formula is C15H13BrClNS2. The number of rotatable bonds is 4. The fraction of sp³-hybridized carbons (Fsp3) is 0.200. The lowest BCUT2D eigenvalue weighted by Gasteiger charge is -2.14. The van der Waals surface area contributed by atoms with Crippen LogP contribution in [0.4, 0.5) is 0 Å². The smallest absolute Gasteiger partial charge is 0.107 e. The van der Waals surface area contributed by atoms with Gasteiger partial charge in [-0.05, 0) is 46.1 Å². The minimum atomic E-state index is 0.214. The molecule has 2 heterocycles. The van der Waals surface area contributed by atoms with Crippen LogP contribution in [-0.4, -0.2) is 6.54 Å². The fourth-order valence-corrected chi connectivity index (χ4v) is 5.26. The average molecular weight is 387 g/mol. The molecule has 0 aliphatic rings. The van der Waals surface area contributed by atoms with E-state index in [0.29, 0.717) is 0 Å². The Morgan fingerprint density at radius 3 is 2.60 bits per heavy atom. The van der Waals surface area contributed by atoms with E-state index in [9.17, 15) is 0 Å². The summed E-state index contributed by atoms with van der Waals surface area (Å²) in [5.74, 6) is 0. The van der Waals surface area contributed by atoms with Crippen LogP contribution in [0.2, 0.25) is 4.34 Å². The van der Waals surface area contributed by atoms with Gasteiger partial charge in [0, 0.05) is 18.9 Å². The third-order valence-electron chi connectivity index (χ3n) is 3.09. The van der Waals surface area contributed by atoms with Gasteiger partial charge in [0.2, 0.25) is 0 Å². The summed E-state index contributed by atoms with van der Waals surface area (Å²) in [5, 5.41) is 4.86. The lowest BCUT2D eigenvalue weighted by molar-refractivity contribution is 0.649. The summed E-state index contributed by atoms with van der Waals surface area (Å²) in [4.78, 5) is 2.58. The second kappa shape index (κ2) is 6.16. The summed E-state index contributed by atoms with van der Waals surface area (Å²) in [6.45, 7) is 3.05. The molecule has 0 spiro atoms. The summed E-state index contributed by atoms with van der Waals surface area (Å²) < 4.78 is 3.11. The van der Waals surface area contributed by atoms with E-state index in [-0.39, 0.29) is 6.04 Å². The highest BCUT2D eigenvalue weighted by Gasteiger charge is 2.19. The topological polar surface area (TPSA) is 12.0 Å². The Labute approximate surface area is 139 Å². The molecule has 3 rings (SSSR count). The maximum Gasteiger partial charge on any atom is 0.107 e. The molecule has 3 aromatic rings. The molecule has 1 aromatic carbocycles. The Balaban J connectivity index is 2.05. The van der Waals surface area contributed by atoms with Crippen molar-refractivity contribution >= 4 is 60.3 Å². The van der Waals surface area contributed by atoms with E-state index < -0.39 is 0 Å². The molecule has 1 atom stereocenters. The highest BCUT2D eigenvalue weighted by molar-refractivity contribution is 9.10. The number of hydrogen-bond acceptors (Lipinski definition) is 3. The van der Waals surface area contributed by atoms with Crippen molar-refractivity contribution in [2.24, 2.45) is 0 Å². The monoisotopic (exact) mass is 385 g/mol. The van der Waals surface area contributed by atoms with Gasteiger partial charge in [-0.3, -0.25) is 0 Å². The predicted octanol–water partition coefficient (Wildman–Crippen LogP) is 6.08. The van der Waals surface area contributed by atoms with Crippen LogP contribution in [0.25, 0.3) is 10.1 Å². The summed E-state index contributed by atoms with van der Waals surface area (Å²) >= 11 is 13.2. The molecule has 0 radical (unpaired) electrons. The van der Waals surface area contributed by atoms with Gasteiger partial charge in [-0.15, -0.1) is 22.7 Å². The lowest BCUT2D eigenvalue weighted by Crippen LogP contribution is -2.20. The van der Waals surface area contributed by atoms with Crippen LogP contribution in [-0.2, 0) is 0 Å². The van der Waals surface area contributed by atoms with Gasteiger partial charge in [0.15, 0.2) is 0 Å². The maximum absolute atomic E-state index is 6.19. The second-order valence-corrected chi connectivity index (χ2v) is 8.10. The van der Waals surface area contributed by atoms with Gasteiger partial charge in [-0.1, -0.05) is 36.7 Å². The van der Waals surface area contributed by atoms with Crippen LogP contribution in [0.15, 0.2) is 40.9 Å². The molecule has 0 amide bonds. The Morgan fingerprint density at radius 2 is 1.95 bits per heavy atom. The zero-order chi connectivity index (χ0) is 14.1. The molecule has 0 saturated heterocycles. The van der Waals surface area contributed by atoms with Crippen molar-refractivity contribution in [3.8, 4) is 0 Å². The largest absolute Gasteiger partial charge is 0.305 e. The minimum Gasteiger partial charge on any atom is -0.305 e. The molecule has 2 aromatic heterocycles. The first-order valence-corrected chi connectivity index (χ1v) is 9.16. The van der Waals surface area contributed by atoms with Crippen LogP contribution >= 0.6 is 50.2 Å². The van der Waals surface area contributed by atoms with E-state index in [2.05, 4.69) is 64.6 Å². The predicted molar refractivity (Wildman–Crippen MR) is 94.4 cm³/mol. The van der Waals surface area contributed by atoms with Gasteiger partial charge in [0.25, 0.3) is 0 Å². The summed E-state index contributed by atoms with van der Waals surface area (Å²) in [6.07, 6.45) is 0. The van der Waals surface area contributed by atoms with Crippen molar-refractivity contribution in [1.29, 1.82) is 0 Å². The molecule has 5 heteroatoms. The van der Waals surface area contributed by atoms with Gasteiger partial charge in [-0.2, -0.15) is 0 Å². The van der Waals surface area contributed by atoms with Crippen molar-refractivity contribution in [3.63, 3.8) is 0 Å². The number of hydrogen-bond donors (Lipinski definition) is 1. The lowest BCUT2D eigenvalue weighted by atomic mass is 10.1. The van der Waals surface area contributed by atoms with Gasteiger partial charge in [0.05, 0.1) is 6.04 Å². The molecular weight excluding hydrogens is 374 g/mol. The zero-order valence-electron chi connectivity index (χ0n) is 10.8. The zero-order valence-corrected chi connectivity index (χ0v) is 14.8. The first-order valence-electron chi connectivity index (χ1n) is 6.35. The molecule has 0 aliphatic carbocycles. The van der Waals surface area contributed by atoms with E-state index in [1.54, 1.807) is 11.3 Å². The van der Waals surface area contributed by atoms with Gasteiger partial charge in [-0.25, -0.2) is 0 Å².